The van der Waals surface area contributed by atoms with Crippen molar-refractivity contribution in [2.75, 3.05) is 6.54 Å². The van der Waals surface area contributed by atoms with Crippen molar-refractivity contribution in [1.82, 2.24) is 5.32 Å². The van der Waals surface area contributed by atoms with Gasteiger partial charge >= 0.3 is 12.1 Å². The minimum absolute atomic E-state index is 0.0590. The second kappa shape index (κ2) is 6.70. The molecule has 1 atom stereocenters. The third-order valence-electron chi connectivity index (χ3n) is 4.03. The molecule has 0 aromatic heterocycles. The Morgan fingerprint density at radius 1 is 1.33 bits per heavy atom. The molecular formula is C16H18F3NO4. The molecule has 1 amide bonds. The summed E-state index contributed by atoms with van der Waals surface area (Å²) in [4.78, 5) is 23.0. The molecule has 8 heteroatoms. The molecule has 0 heterocycles. The van der Waals surface area contributed by atoms with Gasteiger partial charge in [0, 0.05) is 0 Å². The first kappa shape index (κ1) is 18.1. The van der Waals surface area contributed by atoms with Crippen LogP contribution in [0.2, 0.25) is 0 Å². The Kier molecular flexibility index (Phi) is 5.05. The van der Waals surface area contributed by atoms with E-state index in [2.05, 4.69) is 5.32 Å². The fourth-order valence-electron chi connectivity index (χ4n) is 2.29. The van der Waals surface area contributed by atoms with Crippen LogP contribution in [-0.2, 0) is 15.8 Å². The van der Waals surface area contributed by atoms with Crippen molar-refractivity contribution in [3.63, 3.8) is 0 Å². The lowest BCUT2D eigenvalue weighted by molar-refractivity contribution is -0.149. The van der Waals surface area contributed by atoms with Gasteiger partial charge in [-0.1, -0.05) is 19.1 Å². The maximum Gasteiger partial charge on any atom is 0.419 e. The highest BCUT2D eigenvalue weighted by Gasteiger charge is 2.57. The van der Waals surface area contributed by atoms with Crippen molar-refractivity contribution in [1.29, 1.82) is 0 Å². The summed E-state index contributed by atoms with van der Waals surface area (Å²) in [6.07, 6.45) is -4.35. The first-order chi connectivity index (χ1) is 11.2. The number of nitrogens with one attached hydrogen (secondary N) is 1. The summed E-state index contributed by atoms with van der Waals surface area (Å²) >= 11 is 0. The van der Waals surface area contributed by atoms with E-state index in [-0.39, 0.29) is 25.1 Å². The van der Waals surface area contributed by atoms with E-state index in [1.165, 1.54) is 18.2 Å². The Morgan fingerprint density at radius 2 is 1.96 bits per heavy atom. The molecule has 1 aromatic rings. The van der Waals surface area contributed by atoms with Crippen LogP contribution < -0.4 is 10.1 Å². The van der Waals surface area contributed by atoms with Crippen LogP contribution >= 0.6 is 0 Å². The normalized spacial score (nSPS) is 17.0. The average Bonchev–Trinajstić information content (AvgIpc) is 3.32. The van der Waals surface area contributed by atoms with Gasteiger partial charge in [0.25, 0.3) is 0 Å². The zero-order valence-corrected chi connectivity index (χ0v) is 13.0. The first-order valence-corrected chi connectivity index (χ1v) is 7.55. The number of carboxylic acid groups (broad SMARTS) is 1. The van der Waals surface area contributed by atoms with Gasteiger partial charge in [-0.05, 0) is 31.4 Å². The van der Waals surface area contributed by atoms with E-state index in [9.17, 15) is 22.8 Å². The number of carbonyl (C=O) groups excluding carboxylic acids is 1. The summed E-state index contributed by atoms with van der Waals surface area (Å²) in [5, 5.41) is 11.5. The number of alkyl halides is 3. The Morgan fingerprint density at radius 3 is 2.46 bits per heavy atom. The number of ether oxygens (including phenoxy) is 1. The summed E-state index contributed by atoms with van der Waals surface area (Å²) in [5.41, 5.74) is -2.28. The van der Waals surface area contributed by atoms with Crippen LogP contribution in [0.25, 0.3) is 0 Å². The minimum Gasteiger partial charge on any atom is -0.488 e. The van der Waals surface area contributed by atoms with E-state index in [1.807, 2.05) is 0 Å². The molecule has 1 fully saturated rings. The molecule has 132 valence electrons. The van der Waals surface area contributed by atoms with Gasteiger partial charge in [0.2, 0.25) is 5.91 Å². The molecule has 0 aliphatic heterocycles. The molecule has 5 nitrogen and oxygen atoms in total. The highest BCUT2D eigenvalue weighted by atomic mass is 19.4. The number of benzene rings is 1. The molecule has 0 bridgehead atoms. The summed E-state index contributed by atoms with van der Waals surface area (Å²) in [5.74, 6) is -2.12. The lowest BCUT2D eigenvalue weighted by atomic mass is 10.1. The first-order valence-electron chi connectivity index (χ1n) is 7.55. The van der Waals surface area contributed by atoms with Crippen molar-refractivity contribution >= 4 is 11.9 Å². The number of para-hydroxylation sites is 1. The third-order valence-corrected chi connectivity index (χ3v) is 4.03. The fraction of sp³-hybridized carbons (Fsp3) is 0.500. The van der Waals surface area contributed by atoms with Crippen molar-refractivity contribution in [3.05, 3.63) is 29.8 Å². The summed E-state index contributed by atoms with van der Waals surface area (Å²) in [6, 6.07) is 4.83. The van der Waals surface area contributed by atoms with E-state index in [0.29, 0.717) is 6.42 Å². The van der Waals surface area contributed by atoms with Crippen LogP contribution in [0.4, 0.5) is 13.2 Å². The molecule has 1 aliphatic carbocycles. The Hall–Kier alpha value is -2.25. The number of aliphatic carboxylic acids is 1. The minimum atomic E-state index is -4.54. The summed E-state index contributed by atoms with van der Waals surface area (Å²) in [6.45, 7) is 1.65. The zero-order chi connectivity index (χ0) is 18.0. The molecule has 0 radical (unpaired) electrons. The standard InChI is InChI=1S/C16H18F3NO4/c1-2-10(9-20-13(21)15(7-8-15)14(22)23)24-12-6-4-3-5-11(12)16(17,18)19/h3-6,10H,2,7-9H2,1H3,(H,20,21)(H,22,23). The predicted octanol–water partition coefficient (Wildman–Crippen LogP) is 2.84. The average molecular weight is 345 g/mol. The number of halogens is 3. The van der Waals surface area contributed by atoms with Gasteiger partial charge in [-0.2, -0.15) is 13.2 Å². The number of hydrogen-bond donors (Lipinski definition) is 2. The van der Waals surface area contributed by atoms with Gasteiger partial charge in [0.15, 0.2) is 0 Å². The topological polar surface area (TPSA) is 75.6 Å². The number of hydrogen-bond acceptors (Lipinski definition) is 3. The molecular weight excluding hydrogens is 327 g/mol. The molecule has 0 saturated heterocycles. The lowest BCUT2D eigenvalue weighted by Crippen LogP contribution is -2.42. The van der Waals surface area contributed by atoms with Crippen LogP contribution in [0.15, 0.2) is 24.3 Å². The number of rotatable bonds is 7. The van der Waals surface area contributed by atoms with E-state index >= 15 is 0 Å². The third kappa shape index (κ3) is 3.80. The van der Waals surface area contributed by atoms with Gasteiger partial charge in [0.1, 0.15) is 17.3 Å². The van der Waals surface area contributed by atoms with E-state index in [1.54, 1.807) is 6.92 Å². The fourth-order valence-corrected chi connectivity index (χ4v) is 2.29. The molecule has 24 heavy (non-hydrogen) atoms. The van der Waals surface area contributed by atoms with E-state index in [4.69, 9.17) is 9.84 Å². The molecule has 1 aromatic carbocycles. The Balaban J connectivity index is 2.01. The molecule has 1 aliphatic rings. The van der Waals surface area contributed by atoms with Crippen LogP contribution in [0.3, 0.4) is 0 Å². The molecule has 1 unspecified atom stereocenters. The molecule has 2 rings (SSSR count). The summed E-state index contributed by atoms with van der Waals surface area (Å²) in [7, 11) is 0. The smallest absolute Gasteiger partial charge is 0.419 e. The van der Waals surface area contributed by atoms with Crippen molar-refractivity contribution in [2.45, 2.75) is 38.5 Å². The SMILES string of the molecule is CCC(CNC(=O)C1(C(=O)O)CC1)Oc1ccccc1C(F)(F)F. The monoisotopic (exact) mass is 345 g/mol. The lowest BCUT2D eigenvalue weighted by Gasteiger charge is -2.21. The van der Waals surface area contributed by atoms with Gasteiger partial charge in [-0.25, -0.2) is 0 Å². The highest BCUT2D eigenvalue weighted by Crippen LogP contribution is 2.46. The van der Waals surface area contributed by atoms with E-state index in [0.717, 1.165) is 6.07 Å². The van der Waals surface area contributed by atoms with Crippen LogP contribution in [-0.4, -0.2) is 29.6 Å². The molecule has 1 saturated carbocycles. The van der Waals surface area contributed by atoms with Crippen LogP contribution in [0.5, 0.6) is 5.75 Å². The largest absolute Gasteiger partial charge is 0.488 e. The molecule has 2 N–H and O–H groups in total. The highest BCUT2D eigenvalue weighted by molar-refractivity contribution is 6.04. The van der Waals surface area contributed by atoms with Crippen molar-refractivity contribution < 1.29 is 32.6 Å². The number of carbonyl (C=O) groups is 2. The van der Waals surface area contributed by atoms with E-state index < -0.39 is 35.1 Å². The van der Waals surface area contributed by atoms with Crippen LogP contribution in [0.1, 0.15) is 31.7 Å². The van der Waals surface area contributed by atoms with Gasteiger partial charge in [-0.15, -0.1) is 0 Å². The maximum atomic E-state index is 13.0. The second-order valence-corrected chi connectivity index (χ2v) is 5.74. The predicted molar refractivity (Wildman–Crippen MR) is 78.5 cm³/mol. The van der Waals surface area contributed by atoms with Crippen molar-refractivity contribution in [2.24, 2.45) is 5.41 Å². The van der Waals surface area contributed by atoms with Gasteiger partial charge < -0.3 is 15.2 Å². The Labute approximate surface area is 136 Å². The number of amides is 1. The Bertz CT molecular complexity index is 626. The second-order valence-electron chi connectivity index (χ2n) is 5.74. The van der Waals surface area contributed by atoms with Crippen LogP contribution in [0, 0.1) is 5.41 Å². The quantitative estimate of drug-likeness (QED) is 0.745. The summed E-state index contributed by atoms with van der Waals surface area (Å²) < 4.78 is 44.2. The number of carboxylic acids is 1. The van der Waals surface area contributed by atoms with Gasteiger partial charge in [-0.3, -0.25) is 9.59 Å². The van der Waals surface area contributed by atoms with Crippen molar-refractivity contribution in [3.8, 4) is 5.75 Å². The van der Waals surface area contributed by atoms with Gasteiger partial charge in [0.05, 0.1) is 12.1 Å². The zero-order valence-electron chi connectivity index (χ0n) is 13.0. The maximum absolute atomic E-state index is 13.0. The molecule has 0 spiro atoms.